The third kappa shape index (κ3) is 4.11. The van der Waals surface area contributed by atoms with Crippen LogP contribution in [0.25, 0.3) is 0 Å². The van der Waals surface area contributed by atoms with Crippen LogP contribution in [0.2, 0.25) is 0 Å². The zero-order chi connectivity index (χ0) is 17.9. The van der Waals surface area contributed by atoms with Gasteiger partial charge in [-0.1, -0.05) is 23.9 Å². The highest BCUT2D eigenvalue weighted by molar-refractivity contribution is 7.99. The molecule has 1 aliphatic heterocycles. The largest absolute Gasteiger partial charge is 0.381 e. The molecule has 0 radical (unpaired) electrons. The number of carbonyl (C=O) groups is 1. The van der Waals surface area contributed by atoms with Gasteiger partial charge in [0.1, 0.15) is 5.82 Å². The number of ether oxygens (including phenoxy) is 2. The first-order chi connectivity index (χ1) is 12.0. The van der Waals surface area contributed by atoms with Crippen LogP contribution in [0.3, 0.4) is 0 Å². The minimum atomic E-state index is -0.492. The minimum Gasteiger partial charge on any atom is -0.381 e. The quantitative estimate of drug-likeness (QED) is 0.716. The van der Waals surface area contributed by atoms with Gasteiger partial charge in [0.05, 0.1) is 5.60 Å². The molecule has 0 spiro atoms. The molecule has 5 heteroatoms. The molecule has 25 heavy (non-hydrogen) atoms. The van der Waals surface area contributed by atoms with Gasteiger partial charge in [0, 0.05) is 48.5 Å². The van der Waals surface area contributed by atoms with Crippen molar-refractivity contribution in [3.8, 4) is 0 Å². The summed E-state index contributed by atoms with van der Waals surface area (Å²) in [6.45, 7) is 2.76. The number of Topliss-reactive ketones (excluding diaryl/α,β-unsaturated/α-hetero) is 1. The Morgan fingerprint density at radius 1 is 1.12 bits per heavy atom. The molecule has 2 aromatic carbocycles. The van der Waals surface area contributed by atoms with Gasteiger partial charge in [0.15, 0.2) is 5.78 Å². The van der Waals surface area contributed by atoms with Gasteiger partial charge < -0.3 is 9.47 Å². The monoisotopic (exact) mass is 360 g/mol. The van der Waals surface area contributed by atoms with E-state index in [0.717, 1.165) is 15.4 Å². The van der Waals surface area contributed by atoms with E-state index in [1.165, 1.54) is 17.8 Å². The Bertz CT molecular complexity index is 752. The van der Waals surface area contributed by atoms with Crippen LogP contribution in [0.4, 0.5) is 4.39 Å². The van der Waals surface area contributed by atoms with E-state index in [4.69, 9.17) is 9.47 Å². The topological polar surface area (TPSA) is 35.5 Å². The number of methoxy groups -OCH3 is 1. The summed E-state index contributed by atoms with van der Waals surface area (Å²) in [6, 6.07) is 12.4. The molecular weight excluding hydrogens is 339 g/mol. The molecule has 0 aliphatic carbocycles. The molecule has 1 fully saturated rings. The molecule has 0 N–H and O–H groups in total. The molecule has 0 saturated carbocycles. The molecule has 0 amide bonds. The second-order valence-electron chi connectivity index (χ2n) is 6.17. The summed E-state index contributed by atoms with van der Waals surface area (Å²) in [5.41, 5.74) is 1.03. The molecule has 3 rings (SSSR count). The predicted molar refractivity (Wildman–Crippen MR) is 95.7 cm³/mol. The van der Waals surface area contributed by atoms with Crippen molar-refractivity contribution in [2.24, 2.45) is 0 Å². The Labute approximate surface area is 151 Å². The Hall–Kier alpha value is -1.69. The maximum atomic E-state index is 14.2. The first-order valence-corrected chi connectivity index (χ1v) is 9.07. The second-order valence-corrected chi connectivity index (χ2v) is 7.32. The van der Waals surface area contributed by atoms with E-state index in [1.54, 1.807) is 32.2 Å². The third-order valence-corrected chi connectivity index (χ3v) is 5.56. The van der Waals surface area contributed by atoms with Gasteiger partial charge in [0.25, 0.3) is 0 Å². The highest BCUT2D eigenvalue weighted by Gasteiger charge is 2.35. The number of rotatable bonds is 5. The van der Waals surface area contributed by atoms with Crippen molar-refractivity contribution in [2.45, 2.75) is 35.2 Å². The van der Waals surface area contributed by atoms with Gasteiger partial charge in [0.2, 0.25) is 0 Å². The number of hydrogen-bond donors (Lipinski definition) is 0. The summed E-state index contributed by atoms with van der Waals surface area (Å²) in [5.74, 6) is -0.241. The van der Waals surface area contributed by atoms with E-state index in [0.29, 0.717) is 31.6 Å². The van der Waals surface area contributed by atoms with Gasteiger partial charge >= 0.3 is 0 Å². The SMILES string of the molecule is COC1(c2cc(F)cc(Sc3ccc(C(C)=O)cc3)c2)CCOCC1. The van der Waals surface area contributed by atoms with Crippen LogP contribution >= 0.6 is 11.8 Å². The second kappa shape index (κ2) is 7.68. The molecule has 3 nitrogen and oxygen atoms in total. The number of benzene rings is 2. The summed E-state index contributed by atoms with van der Waals surface area (Å²) in [4.78, 5) is 13.1. The molecule has 132 valence electrons. The third-order valence-electron chi connectivity index (χ3n) is 4.59. The van der Waals surface area contributed by atoms with Gasteiger partial charge in [-0.15, -0.1) is 0 Å². The van der Waals surface area contributed by atoms with E-state index in [-0.39, 0.29) is 11.6 Å². The van der Waals surface area contributed by atoms with Crippen molar-refractivity contribution < 1.29 is 18.7 Å². The van der Waals surface area contributed by atoms with Crippen molar-refractivity contribution in [2.75, 3.05) is 20.3 Å². The van der Waals surface area contributed by atoms with Crippen LogP contribution in [0.15, 0.2) is 52.3 Å². The van der Waals surface area contributed by atoms with E-state index in [1.807, 2.05) is 18.2 Å². The smallest absolute Gasteiger partial charge is 0.159 e. The fourth-order valence-electron chi connectivity index (χ4n) is 3.09. The zero-order valence-electron chi connectivity index (χ0n) is 14.4. The summed E-state index contributed by atoms with van der Waals surface area (Å²) in [7, 11) is 1.67. The molecule has 1 saturated heterocycles. The van der Waals surface area contributed by atoms with E-state index >= 15 is 0 Å². The van der Waals surface area contributed by atoms with Gasteiger partial charge in [-0.05, 0) is 42.8 Å². The Morgan fingerprint density at radius 3 is 2.40 bits per heavy atom. The van der Waals surface area contributed by atoms with Crippen LogP contribution in [-0.4, -0.2) is 26.1 Å². The molecule has 0 unspecified atom stereocenters. The minimum absolute atomic E-state index is 0.0335. The lowest BCUT2D eigenvalue weighted by atomic mass is 9.86. The van der Waals surface area contributed by atoms with Crippen molar-refractivity contribution in [1.82, 2.24) is 0 Å². The van der Waals surface area contributed by atoms with Crippen molar-refractivity contribution in [3.05, 3.63) is 59.4 Å². The lowest BCUT2D eigenvalue weighted by Gasteiger charge is -2.36. The van der Waals surface area contributed by atoms with Crippen LogP contribution in [-0.2, 0) is 15.1 Å². The van der Waals surface area contributed by atoms with Crippen LogP contribution < -0.4 is 0 Å². The standard InChI is InChI=1S/C20H21FO3S/c1-14(22)15-3-5-18(6-4-15)25-19-12-16(11-17(21)13-19)20(23-2)7-9-24-10-8-20/h3-6,11-13H,7-10H2,1-2H3. The predicted octanol–water partition coefficient (Wildman–Crippen LogP) is 4.83. The lowest BCUT2D eigenvalue weighted by Crippen LogP contribution is -2.35. The Morgan fingerprint density at radius 2 is 1.80 bits per heavy atom. The molecule has 0 aromatic heterocycles. The van der Waals surface area contributed by atoms with E-state index in [9.17, 15) is 9.18 Å². The van der Waals surface area contributed by atoms with E-state index < -0.39 is 5.60 Å². The molecule has 0 atom stereocenters. The van der Waals surface area contributed by atoms with Crippen LogP contribution in [0.1, 0.15) is 35.7 Å². The van der Waals surface area contributed by atoms with Crippen LogP contribution in [0, 0.1) is 5.82 Å². The first-order valence-electron chi connectivity index (χ1n) is 8.25. The number of carbonyl (C=O) groups excluding carboxylic acids is 1. The lowest BCUT2D eigenvalue weighted by molar-refractivity contribution is -0.0950. The maximum Gasteiger partial charge on any atom is 0.159 e. The number of hydrogen-bond acceptors (Lipinski definition) is 4. The zero-order valence-corrected chi connectivity index (χ0v) is 15.2. The van der Waals surface area contributed by atoms with Gasteiger partial charge in [-0.3, -0.25) is 4.79 Å². The van der Waals surface area contributed by atoms with Crippen molar-refractivity contribution >= 4 is 17.5 Å². The molecule has 2 aromatic rings. The van der Waals surface area contributed by atoms with Gasteiger partial charge in [-0.2, -0.15) is 0 Å². The summed E-state index contributed by atoms with van der Waals surface area (Å²) in [6.07, 6.45) is 1.43. The molecule has 0 bridgehead atoms. The Kier molecular flexibility index (Phi) is 5.57. The first kappa shape index (κ1) is 18.1. The highest BCUT2D eigenvalue weighted by Crippen LogP contribution is 2.38. The van der Waals surface area contributed by atoms with Crippen molar-refractivity contribution in [3.63, 3.8) is 0 Å². The summed E-state index contributed by atoms with van der Waals surface area (Å²) in [5, 5.41) is 0. The van der Waals surface area contributed by atoms with Crippen LogP contribution in [0.5, 0.6) is 0 Å². The fourth-order valence-corrected chi connectivity index (χ4v) is 3.99. The van der Waals surface area contributed by atoms with Gasteiger partial charge in [-0.25, -0.2) is 4.39 Å². The maximum absolute atomic E-state index is 14.2. The summed E-state index contributed by atoms with van der Waals surface area (Å²) < 4.78 is 25.4. The number of ketones is 1. The average Bonchev–Trinajstić information content (AvgIpc) is 2.62. The molecule has 1 aliphatic rings. The number of halogens is 1. The molecule has 1 heterocycles. The normalized spacial score (nSPS) is 16.6. The Balaban J connectivity index is 1.87. The average molecular weight is 360 g/mol. The van der Waals surface area contributed by atoms with E-state index in [2.05, 4.69) is 0 Å². The van der Waals surface area contributed by atoms with Crippen molar-refractivity contribution in [1.29, 1.82) is 0 Å². The highest BCUT2D eigenvalue weighted by atomic mass is 32.2. The fraction of sp³-hybridized carbons (Fsp3) is 0.350. The molecular formula is C20H21FO3S. The summed E-state index contributed by atoms with van der Waals surface area (Å²) >= 11 is 1.47.